The summed E-state index contributed by atoms with van der Waals surface area (Å²) in [4.78, 5) is 47.5. The molecule has 0 aliphatic rings. The van der Waals surface area contributed by atoms with Gasteiger partial charge in [0, 0.05) is 54.0 Å². The van der Waals surface area contributed by atoms with Crippen molar-refractivity contribution in [1.29, 1.82) is 0 Å². The average Bonchev–Trinajstić information content (AvgIpc) is 3.25. The summed E-state index contributed by atoms with van der Waals surface area (Å²) in [7, 11) is 5.81. The molecule has 0 bridgehead atoms. The van der Waals surface area contributed by atoms with E-state index in [-0.39, 0.29) is 35.4 Å². The van der Waals surface area contributed by atoms with Crippen LogP contribution in [0.1, 0.15) is 36.7 Å². The van der Waals surface area contributed by atoms with E-state index in [1.54, 1.807) is 68.9 Å². The number of hydrogen-bond acceptors (Lipinski definition) is 14. The van der Waals surface area contributed by atoms with Crippen LogP contribution < -0.4 is 40.2 Å². The van der Waals surface area contributed by atoms with Gasteiger partial charge in [-0.25, -0.2) is 9.78 Å². The second-order valence-corrected chi connectivity index (χ2v) is 14.3. The predicted octanol–water partition coefficient (Wildman–Crippen LogP) is 7.09. The first-order valence-electron chi connectivity index (χ1n) is 19.3. The Morgan fingerprint density at radius 3 is 2.13 bits per heavy atom. The van der Waals surface area contributed by atoms with Crippen molar-refractivity contribution < 1.29 is 52.3 Å². The van der Waals surface area contributed by atoms with E-state index in [1.165, 1.54) is 14.2 Å². The number of esters is 1. The summed E-state index contributed by atoms with van der Waals surface area (Å²) in [5.74, 6) is 1.08. The normalized spacial score (nSPS) is 11.1. The first kappa shape index (κ1) is 45.4. The quantitative estimate of drug-likeness (QED) is 0.0432. The van der Waals surface area contributed by atoms with Crippen molar-refractivity contribution in [1.82, 2.24) is 15.3 Å². The van der Waals surface area contributed by atoms with Crippen molar-refractivity contribution in [2.75, 3.05) is 90.6 Å². The maximum absolute atomic E-state index is 13.6. The molecule has 4 aromatic carbocycles. The number of hydrogen-bond donors (Lipinski definition) is 4. The minimum Gasteiger partial charge on any atom is -0.497 e. The molecule has 0 radical (unpaired) electrons. The fourth-order valence-electron chi connectivity index (χ4n) is 5.84. The lowest BCUT2D eigenvalue weighted by atomic mass is 9.85. The number of ether oxygens (including phenoxy) is 8. The lowest BCUT2D eigenvalue weighted by Crippen LogP contribution is -2.31. The highest BCUT2D eigenvalue weighted by Crippen LogP contribution is 2.37. The van der Waals surface area contributed by atoms with E-state index in [1.807, 2.05) is 45.0 Å². The van der Waals surface area contributed by atoms with Crippen molar-refractivity contribution in [2.45, 2.75) is 26.2 Å². The molecule has 0 aliphatic carbocycles. The number of anilines is 4. The van der Waals surface area contributed by atoms with Gasteiger partial charge in [-0.1, -0.05) is 45.0 Å². The molecule has 0 fully saturated rings. The highest BCUT2D eigenvalue weighted by molar-refractivity contribution is 6.09. The first-order valence-corrected chi connectivity index (χ1v) is 19.3. The third-order valence-corrected chi connectivity index (χ3v) is 8.92. The third-order valence-electron chi connectivity index (χ3n) is 8.92. The standard InChI is InChI=1S/C44H52N6O11/c1-44(2,3)28-22-34(41(52)46-27-39(51)56-6)40(57-7)36(23-28)49-43(53)48-35-12-13-37(33-11-9-8-10-32(33)35)61-38-14-15-45-42(50-38)47-29-24-30(55-5)26-31(25-29)60-21-20-59-19-18-58-17-16-54-4/h8-15,22-26H,16-21,27H2,1-7H3,(H,46,52)(H,45,47,50)(H2,48,49,53). The first-order chi connectivity index (χ1) is 29.4. The number of carbonyl (C=O) groups is 3. The van der Waals surface area contributed by atoms with E-state index in [0.29, 0.717) is 79.0 Å². The summed E-state index contributed by atoms with van der Waals surface area (Å²) in [5.41, 5.74) is 1.85. The Labute approximate surface area is 354 Å². The zero-order valence-corrected chi connectivity index (χ0v) is 35.3. The fourth-order valence-corrected chi connectivity index (χ4v) is 5.84. The van der Waals surface area contributed by atoms with Crippen molar-refractivity contribution in [2.24, 2.45) is 0 Å². The minimum atomic E-state index is -0.611. The molecule has 0 atom stereocenters. The second kappa shape index (κ2) is 22.1. The molecule has 1 heterocycles. The largest absolute Gasteiger partial charge is 0.497 e. The Hall–Kier alpha value is -6.69. The van der Waals surface area contributed by atoms with Crippen LogP contribution in [0.5, 0.6) is 28.9 Å². The van der Waals surface area contributed by atoms with Crippen molar-refractivity contribution in [3.63, 3.8) is 0 Å². The van der Waals surface area contributed by atoms with Gasteiger partial charge in [0.15, 0.2) is 5.75 Å². The predicted molar refractivity (Wildman–Crippen MR) is 230 cm³/mol. The number of fused-ring (bicyclic) bond motifs is 1. The molecule has 0 aliphatic heterocycles. The summed E-state index contributed by atoms with van der Waals surface area (Å²) >= 11 is 0. The van der Waals surface area contributed by atoms with Crippen LogP contribution in [0.15, 0.2) is 79.0 Å². The van der Waals surface area contributed by atoms with Crippen LogP contribution in [0.2, 0.25) is 0 Å². The number of urea groups is 1. The fraction of sp³-hybridized carbons (Fsp3) is 0.341. The van der Waals surface area contributed by atoms with Crippen molar-refractivity contribution in [3.05, 3.63) is 90.1 Å². The lowest BCUT2D eigenvalue weighted by Gasteiger charge is -2.23. The molecule has 0 unspecified atom stereocenters. The zero-order valence-electron chi connectivity index (χ0n) is 35.3. The summed E-state index contributed by atoms with van der Waals surface area (Å²) in [5, 5.41) is 12.9. The van der Waals surface area contributed by atoms with Gasteiger partial charge in [-0.15, -0.1) is 0 Å². The smallest absolute Gasteiger partial charge is 0.325 e. The molecule has 0 saturated carbocycles. The summed E-state index contributed by atoms with van der Waals surface area (Å²) < 4.78 is 43.9. The van der Waals surface area contributed by atoms with E-state index in [9.17, 15) is 14.4 Å². The molecule has 324 valence electrons. The van der Waals surface area contributed by atoms with Crippen molar-refractivity contribution >= 4 is 51.7 Å². The molecular formula is C44H52N6O11. The van der Waals surface area contributed by atoms with Gasteiger partial charge in [-0.2, -0.15) is 4.98 Å². The zero-order chi connectivity index (χ0) is 43.8. The summed E-state index contributed by atoms with van der Waals surface area (Å²) in [6.45, 7) is 8.23. The van der Waals surface area contributed by atoms with E-state index >= 15 is 0 Å². The number of rotatable bonds is 21. The highest BCUT2D eigenvalue weighted by Gasteiger charge is 2.25. The van der Waals surface area contributed by atoms with E-state index in [4.69, 9.17) is 33.2 Å². The Kier molecular flexibility index (Phi) is 16.4. The summed E-state index contributed by atoms with van der Waals surface area (Å²) in [6, 6.07) is 20.7. The molecule has 1 aromatic heterocycles. The Bertz CT molecular complexity index is 2280. The van der Waals surface area contributed by atoms with Gasteiger partial charge in [-0.05, 0) is 35.2 Å². The number of amides is 3. The SMILES string of the molecule is COCCOCCOCCOc1cc(Nc2nccc(Oc3ccc(NC(=O)Nc4cc(C(C)(C)C)cc(C(=O)NCC(=O)OC)c4OC)c4ccccc34)n2)cc(OC)c1. The van der Waals surface area contributed by atoms with Gasteiger partial charge in [0.05, 0.1) is 71.3 Å². The maximum atomic E-state index is 13.6. The van der Waals surface area contributed by atoms with Gasteiger partial charge in [0.2, 0.25) is 11.8 Å². The average molecular weight is 841 g/mol. The lowest BCUT2D eigenvalue weighted by molar-refractivity contribution is -0.139. The van der Waals surface area contributed by atoms with Crippen LogP contribution in [-0.2, 0) is 29.2 Å². The third kappa shape index (κ3) is 13.2. The number of carbonyl (C=O) groups excluding carboxylic acids is 3. The molecule has 17 heteroatoms. The molecule has 4 N–H and O–H groups in total. The highest BCUT2D eigenvalue weighted by atomic mass is 16.6. The molecule has 0 spiro atoms. The molecule has 61 heavy (non-hydrogen) atoms. The number of methoxy groups -OCH3 is 4. The van der Waals surface area contributed by atoms with E-state index in [0.717, 1.165) is 5.56 Å². The van der Waals surface area contributed by atoms with Gasteiger partial charge >= 0.3 is 12.0 Å². The topological polar surface area (TPSA) is 199 Å². The molecule has 0 saturated heterocycles. The second-order valence-electron chi connectivity index (χ2n) is 14.3. The van der Waals surface area contributed by atoms with Gasteiger partial charge in [0.1, 0.15) is 30.4 Å². The van der Waals surface area contributed by atoms with Crippen LogP contribution in [0, 0.1) is 0 Å². The number of nitrogens with zero attached hydrogens (tertiary/aromatic N) is 2. The van der Waals surface area contributed by atoms with Crippen LogP contribution >= 0.6 is 0 Å². The number of aromatic nitrogens is 2. The Balaban J connectivity index is 1.28. The maximum Gasteiger partial charge on any atom is 0.325 e. The van der Waals surface area contributed by atoms with Gasteiger partial charge in [0.25, 0.3) is 5.91 Å². The molecule has 17 nitrogen and oxygen atoms in total. The molecule has 3 amide bonds. The van der Waals surface area contributed by atoms with Crippen LogP contribution in [0.3, 0.4) is 0 Å². The van der Waals surface area contributed by atoms with Crippen LogP contribution in [0.4, 0.5) is 27.8 Å². The van der Waals surface area contributed by atoms with Crippen LogP contribution in [-0.4, -0.2) is 103 Å². The number of nitrogens with one attached hydrogen (secondary N) is 4. The van der Waals surface area contributed by atoms with Gasteiger partial charge in [-0.3, -0.25) is 9.59 Å². The Morgan fingerprint density at radius 1 is 0.721 bits per heavy atom. The van der Waals surface area contributed by atoms with Crippen molar-refractivity contribution in [3.8, 4) is 28.9 Å². The Morgan fingerprint density at radius 2 is 1.43 bits per heavy atom. The van der Waals surface area contributed by atoms with Crippen LogP contribution in [0.25, 0.3) is 10.8 Å². The minimum absolute atomic E-state index is 0.121. The summed E-state index contributed by atoms with van der Waals surface area (Å²) in [6.07, 6.45) is 1.57. The monoisotopic (exact) mass is 840 g/mol. The van der Waals surface area contributed by atoms with E-state index in [2.05, 4.69) is 36.0 Å². The molecular weight excluding hydrogens is 789 g/mol. The molecule has 5 aromatic rings. The number of benzene rings is 4. The van der Waals surface area contributed by atoms with Gasteiger partial charge < -0.3 is 59.2 Å². The molecule has 5 rings (SSSR count). The van der Waals surface area contributed by atoms with E-state index < -0.39 is 23.3 Å².